The Morgan fingerprint density at radius 1 is 0.880 bits per heavy atom. The Morgan fingerprint density at radius 3 is 1.84 bits per heavy atom. The van der Waals surface area contributed by atoms with Crippen LogP contribution in [0.3, 0.4) is 0 Å². The molecule has 0 radical (unpaired) electrons. The van der Waals surface area contributed by atoms with Crippen LogP contribution in [0.15, 0.2) is 29.8 Å². The maximum Gasteiger partial charge on any atom is 0.345 e. The first-order chi connectivity index (χ1) is 12.1. The predicted octanol–water partition coefficient (Wildman–Crippen LogP) is 4.16. The molecule has 0 unspecified atom stereocenters. The Bertz CT molecular complexity index is 536. The van der Waals surface area contributed by atoms with E-state index in [2.05, 4.69) is 0 Å². The number of benzene rings is 1. The number of carbonyl (C=O) groups is 2. The number of ether oxygens (including phenoxy) is 3. The summed E-state index contributed by atoms with van der Waals surface area (Å²) in [7, 11) is 0. The fourth-order valence-electron chi connectivity index (χ4n) is 1.97. The van der Waals surface area contributed by atoms with Crippen LogP contribution in [0, 0.1) is 0 Å². The number of esters is 2. The molecule has 25 heavy (non-hydrogen) atoms. The molecule has 0 aromatic heterocycles. The fourth-order valence-corrected chi connectivity index (χ4v) is 1.97. The van der Waals surface area contributed by atoms with E-state index in [1.54, 1.807) is 24.3 Å². The van der Waals surface area contributed by atoms with Gasteiger partial charge in [0.05, 0.1) is 19.8 Å². The minimum atomic E-state index is -0.649. The van der Waals surface area contributed by atoms with Crippen molar-refractivity contribution in [2.75, 3.05) is 19.8 Å². The van der Waals surface area contributed by atoms with E-state index in [1.165, 1.54) is 6.08 Å². The van der Waals surface area contributed by atoms with Crippen molar-refractivity contribution in [2.45, 2.75) is 46.5 Å². The van der Waals surface area contributed by atoms with Gasteiger partial charge in [0.1, 0.15) is 11.3 Å². The van der Waals surface area contributed by atoms with E-state index in [9.17, 15) is 9.59 Å². The SMILES string of the molecule is CCCCOC(=O)C(=Cc1ccc(OCC)cc1)C(=O)OCCCC. The van der Waals surface area contributed by atoms with Gasteiger partial charge in [-0.25, -0.2) is 9.59 Å². The van der Waals surface area contributed by atoms with E-state index in [0.29, 0.717) is 12.2 Å². The van der Waals surface area contributed by atoms with E-state index in [-0.39, 0.29) is 18.8 Å². The molecule has 138 valence electrons. The molecule has 0 fully saturated rings. The number of carbonyl (C=O) groups excluding carboxylic acids is 2. The largest absolute Gasteiger partial charge is 0.494 e. The second kappa shape index (κ2) is 12.1. The lowest BCUT2D eigenvalue weighted by atomic mass is 10.1. The molecule has 0 bridgehead atoms. The lowest BCUT2D eigenvalue weighted by molar-refractivity contribution is -0.147. The average Bonchev–Trinajstić information content (AvgIpc) is 2.61. The normalized spacial score (nSPS) is 10.0. The summed E-state index contributed by atoms with van der Waals surface area (Å²) in [4.78, 5) is 24.5. The summed E-state index contributed by atoms with van der Waals surface area (Å²) < 4.78 is 15.7. The van der Waals surface area contributed by atoms with Gasteiger partial charge in [-0.15, -0.1) is 0 Å². The van der Waals surface area contributed by atoms with Crippen LogP contribution in [-0.4, -0.2) is 31.8 Å². The zero-order valence-electron chi connectivity index (χ0n) is 15.4. The van der Waals surface area contributed by atoms with Crippen LogP contribution in [0.2, 0.25) is 0 Å². The Labute approximate surface area is 150 Å². The molecule has 1 rings (SSSR count). The summed E-state index contributed by atoms with van der Waals surface area (Å²) in [6, 6.07) is 7.14. The van der Waals surface area contributed by atoms with Crippen molar-refractivity contribution in [3.05, 3.63) is 35.4 Å². The van der Waals surface area contributed by atoms with Crippen molar-refractivity contribution < 1.29 is 23.8 Å². The highest BCUT2D eigenvalue weighted by atomic mass is 16.6. The van der Waals surface area contributed by atoms with Gasteiger partial charge < -0.3 is 14.2 Å². The molecule has 5 heteroatoms. The molecule has 1 aromatic carbocycles. The monoisotopic (exact) mass is 348 g/mol. The molecule has 0 spiro atoms. The highest BCUT2D eigenvalue weighted by Gasteiger charge is 2.21. The van der Waals surface area contributed by atoms with Gasteiger partial charge in [0.15, 0.2) is 0 Å². The first-order valence-electron chi connectivity index (χ1n) is 8.91. The molecular formula is C20H28O5. The van der Waals surface area contributed by atoms with Gasteiger partial charge in [-0.3, -0.25) is 0 Å². The molecule has 0 atom stereocenters. The van der Waals surface area contributed by atoms with Gasteiger partial charge >= 0.3 is 11.9 Å². The van der Waals surface area contributed by atoms with Crippen molar-refractivity contribution >= 4 is 18.0 Å². The Morgan fingerprint density at radius 2 is 1.40 bits per heavy atom. The van der Waals surface area contributed by atoms with Gasteiger partial charge in [-0.05, 0) is 43.5 Å². The number of hydrogen-bond acceptors (Lipinski definition) is 5. The molecule has 1 aromatic rings. The summed E-state index contributed by atoms with van der Waals surface area (Å²) in [6.45, 7) is 7.07. The second-order valence-electron chi connectivity index (χ2n) is 5.54. The molecule has 0 saturated carbocycles. The van der Waals surface area contributed by atoms with Crippen LogP contribution in [0.25, 0.3) is 6.08 Å². The molecule has 0 aliphatic carbocycles. The lowest BCUT2D eigenvalue weighted by Crippen LogP contribution is -2.19. The van der Waals surface area contributed by atoms with Crippen molar-refractivity contribution in [3.8, 4) is 5.75 Å². The van der Waals surface area contributed by atoms with E-state index in [0.717, 1.165) is 31.4 Å². The topological polar surface area (TPSA) is 61.8 Å². The summed E-state index contributed by atoms with van der Waals surface area (Å²) in [5, 5.41) is 0. The maximum absolute atomic E-state index is 12.2. The lowest BCUT2D eigenvalue weighted by Gasteiger charge is -2.09. The molecule has 0 aliphatic rings. The third-order valence-corrected chi connectivity index (χ3v) is 3.40. The van der Waals surface area contributed by atoms with Gasteiger partial charge in [0.25, 0.3) is 0 Å². The van der Waals surface area contributed by atoms with E-state index in [4.69, 9.17) is 14.2 Å². The third-order valence-electron chi connectivity index (χ3n) is 3.40. The summed E-state index contributed by atoms with van der Waals surface area (Å²) >= 11 is 0. The van der Waals surface area contributed by atoms with Crippen LogP contribution < -0.4 is 4.74 Å². The van der Waals surface area contributed by atoms with Crippen LogP contribution in [-0.2, 0) is 19.1 Å². The first-order valence-corrected chi connectivity index (χ1v) is 8.91. The van der Waals surface area contributed by atoms with E-state index < -0.39 is 11.9 Å². The average molecular weight is 348 g/mol. The molecule has 0 N–H and O–H groups in total. The number of rotatable bonds is 11. The zero-order valence-corrected chi connectivity index (χ0v) is 15.4. The molecule has 0 heterocycles. The highest BCUT2D eigenvalue weighted by molar-refractivity contribution is 6.17. The summed E-state index contributed by atoms with van der Waals surface area (Å²) in [5.74, 6) is -0.565. The smallest absolute Gasteiger partial charge is 0.345 e. The third kappa shape index (κ3) is 7.88. The fraction of sp³-hybridized carbons (Fsp3) is 0.500. The Kier molecular flexibility index (Phi) is 10.1. The quantitative estimate of drug-likeness (QED) is 0.198. The van der Waals surface area contributed by atoms with Crippen molar-refractivity contribution in [1.29, 1.82) is 0 Å². The number of unbranched alkanes of at least 4 members (excludes halogenated alkanes) is 2. The van der Waals surface area contributed by atoms with Crippen LogP contribution in [0.5, 0.6) is 5.75 Å². The zero-order chi connectivity index (χ0) is 18.5. The minimum absolute atomic E-state index is 0.0867. The van der Waals surface area contributed by atoms with Gasteiger partial charge in [0.2, 0.25) is 0 Å². The molecule has 0 saturated heterocycles. The standard InChI is InChI=1S/C20H28O5/c1-4-7-13-24-19(21)18(20(22)25-14-8-5-2)15-16-9-11-17(12-10-16)23-6-3/h9-12,15H,4-8,13-14H2,1-3H3. The van der Waals surface area contributed by atoms with E-state index in [1.807, 2.05) is 20.8 Å². The van der Waals surface area contributed by atoms with Crippen LogP contribution in [0.1, 0.15) is 52.0 Å². The maximum atomic E-state index is 12.2. The molecule has 0 amide bonds. The Hall–Kier alpha value is -2.30. The van der Waals surface area contributed by atoms with Gasteiger partial charge in [-0.2, -0.15) is 0 Å². The van der Waals surface area contributed by atoms with Crippen molar-refractivity contribution in [2.24, 2.45) is 0 Å². The van der Waals surface area contributed by atoms with Crippen molar-refractivity contribution in [1.82, 2.24) is 0 Å². The van der Waals surface area contributed by atoms with Gasteiger partial charge in [-0.1, -0.05) is 38.8 Å². The summed E-state index contributed by atoms with van der Waals surface area (Å²) in [6.07, 6.45) is 4.83. The highest BCUT2D eigenvalue weighted by Crippen LogP contribution is 2.16. The molecule has 5 nitrogen and oxygen atoms in total. The first kappa shape index (κ1) is 20.7. The molecular weight excluding hydrogens is 320 g/mol. The minimum Gasteiger partial charge on any atom is -0.494 e. The van der Waals surface area contributed by atoms with Crippen LogP contribution >= 0.6 is 0 Å². The second-order valence-corrected chi connectivity index (χ2v) is 5.54. The van der Waals surface area contributed by atoms with E-state index >= 15 is 0 Å². The van der Waals surface area contributed by atoms with Crippen molar-refractivity contribution in [3.63, 3.8) is 0 Å². The van der Waals surface area contributed by atoms with Gasteiger partial charge in [0, 0.05) is 0 Å². The Balaban J connectivity index is 2.90. The predicted molar refractivity (Wildman–Crippen MR) is 97.3 cm³/mol. The summed E-state index contributed by atoms with van der Waals surface area (Å²) in [5.41, 5.74) is 0.620. The molecule has 0 aliphatic heterocycles. The van der Waals surface area contributed by atoms with Crippen LogP contribution in [0.4, 0.5) is 0 Å². The number of hydrogen-bond donors (Lipinski definition) is 0.